The zero-order chi connectivity index (χ0) is 13.4. The van der Waals surface area contributed by atoms with Crippen molar-refractivity contribution >= 4 is 12.4 Å². The van der Waals surface area contributed by atoms with E-state index in [1.54, 1.807) is 0 Å². The summed E-state index contributed by atoms with van der Waals surface area (Å²) < 4.78 is 0. The standard InChI is InChI=1S/C19H21N.ClH/c1-2-7-18-15(5-1)13-16-11-14(8-9-19(16)18)12-17-6-3-4-10-20-17;/h1-2,5,7-9,11,17,20H,3-4,6,10,12-13H2;1H. The molecule has 2 aromatic carbocycles. The third-order valence-corrected chi connectivity index (χ3v) is 4.75. The number of halogens is 1. The van der Waals surface area contributed by atoms with Crippen molar-refractivity contribution < 1.29 is 0 Å². The van der Waals surface area contributed by atoms with Gasteiger partial charge in [-0.25, -0.2) is 0 Å². The molecule has 0 aromatic heterocycles. The summed E-state index contributed by atoms with van der Waals surface area (Å²) in [6.07, 6.45) is 6.35. The third-order valence-electron chi connectivity index (χ3n) is 4.75. The maximum Gasteiger partial charge on any atom is 0.0107 e. The van der Waals surface area contributed by atoms with Crippen molar-refractivity contribution in [1.29, 1.82) is 0 Å². The van der Waals surface area contributed by atoms with Crippen LogP contribution in [0, 0.1) is 0 Å². The van der Waals surface area contributed by atoms with Crippen molar-refractivity contribution in [2.75, 3.05) is 6.54 Å². The summed E-state index contributed by atoms with van der Waals surface area (Å²) in [5.74, 6) is 0. The first kappa shape index (κ1) is 14.6. The van der Waals surface area contributed by atoms with Crippen molar-refractivity contribution in [1.82, 2.24) is 5.32 Å². The molecule has 2 aromatic rings. The summed E-state index contributed by atoms with van der Waals surface area (Å²) in [5, 5.41) is 3.65. The fourth-order valence-corrected chi connectivity index (χ4v) is 3.71. The summed E-state index contributed by atoms with van der Waals surface area (Å²) >= 11 is 0. The van der Waals surface area contributed by atoms with Crippen molar-refractivity contribution in [2.45, 2.75) is 38.1 Å². The van der Waals surface area contributed by atoms with Gasteiger partial charge in [-0.2, -0.15) is 0 Å². The van der Waals surface area contributed by atoms with Crippen LogP contribution < -0.4 is 5.32 Å². The van der Waals surface area contributed by atoms with E-state index in [4.69, 9.17) is 0 Å². The van der Waals surface area contributed by atoms with Crippen LogP contribution in [0.25, 0.3) is 11.1 Å². The Hall–Kier alpha value is -1.31. The SMILES string of the molecule is Cl.c1ccc2c(c1)Cc1cc(CC3CCCCN3)ccc1-2. The van der Waals surface area contributed by atoms with E-state index in [1.807, 2.05) is 0 Å². The zero-order valence-electron chi connectivity index (χ0n) is 12.3. The van der Waals surface area contributed by atoms with Gasteiger partial charge in [0.25, 0.3) is 0 Å². The van der Waals surface area contributed by atoms with E-state index in [0.717, 1.165) is 6.42 Å². The Morgan fingerprint density at radius 3 is 2.67 bits per heavy atom. The van der Waals surface area contributed by atoms with E-state index >= 15 is 0 Å². The van der Waals surface area contributed by atoms with Gasteiger partial charge in [-0.1, -0.05) is 48.9 Å². The number of fused-ring (bicyclic) bond motifs is 3. The highest BCUT2D eigenvalue weighted by Crippen LogP contribution is 2.36. The normalized spacial score (nSPS) is 19.5. The topological polar surface area (TPSA) is 12.0 Å². The highest BCUT2D eigenvalue weighted by molar-refractivity contribution is 5.85. The van der Waals surface area contributed by atoms with E-state index in [1.165, 1.54) is 60.0 Å². The lowest BCUT2D eigenvalue weighted by Crippen LogP contribution is -2.35. The maximum absolute atomic E-state index is 3.65. The molecular weight excluding hydrogens is 278 g/mol. The molecule has 0 amide bonds. The Bertz CT molecular complexity index is 629. The van der Waals surface area contributed by atoms with Gasteiger partial charge in [-0.05, 0) is 60.0 Å². The van der Waals surface area contributed by atoms with Gasteiger partial charge in [0, 0.05) is 6.04 Å². The van der Waals surface area contributed by atoms with Crippen molar-refractivity contribution in [3.05, 3.63) is 59.2 Å². The van der Waals surface area contributed by atoms with Crippen LogP contribution in [0.2, 0.25) is 0 Å². The van der Waals surface area contributed by atoms with E-state index in [9.17, 15) is 0 Å². The number of hydrogen-bond donors (Lipinski definition) is 1. The van der Waals surface area contributed by atoms with Gasteiger partial charge in [0.05, 0.1) is 0 Å². The molecule has 1 aliphatic heterocycles. The molecule has 1 atom stereocenters. The van der Waals surface area contributed by atoms with E-state index in [2.05, 4.69) is 47.8 Å². The lowest BCUT2D eigenvalue weighted by Gasteiger charge is -2.23. The first-order chi connectivity index (χ1) is 9.90. The van der Waals surface area contributed by atoms with Crippen LogP contribution in [0.1, 0.15) is 36.0 Å². The number of nitrogens with one attached hydrogen (secondary N) is 1. The highest BCUT2D eigenvalue weighted by Gasteiger charge is 2.19. The lowest BCUT2D eigenvalue weighted by molar-refractivity contribution is 0.399. The van der Waals surface area contributed by atoms with E-state index in [-0.39, 0.29) is 12.4 Å². The third kappa shape index (κ3) is 2.86. The number of benzene rings is 2. The predicted molar refractivity (Wildman–Crippen MR) is 91.3 cm³/mol. The Balaban J connectivity index is 0.00000132. The number of rotatable bonds is 2. The Labute approximate surface area is 133 Å². The molecule has 1 unspecified atom stereocenters. The molecule has 4 rings (SSSR count). The smallest absolute Gasteiger partial charge is 0.0107 e. The summed E-state index contributed by atoms with van der Waals surface area (Å²) in [5.41, 5.74) is 7.37. The summed E-state index contributed by atoms with van der Waals surface area (Å²) in [4.78, 5) is 0. The van der Waals surface area contributed by atoms with Gasteiger partial charge in [-0.3, -0.25) is 0 Å². The zero-order valence-corrected chi connectivity index (χ0v) is 13.1. The fraction of sp³-hybridized carbons (Fsp3) is 0.368. The molecule has 1 heterocycles. The second-order valence-corrected chi connectivity index (χ2v) is 6.18. The highest BCUT2D eigenvalue weighted by atomic mass is 35.5. The molecule has 2 heteroatoms. The van der Waals surface area contributed by atoms with Crippen LogP contribution >= 0.6 is 12.4 Å². The van der Waals surface area contributed by atoms with Crippen LogP contribution in [0.15, 0.2) is 42.5 Å². The second-order valence-electron chi connectivity index (χ2n) is 6.18. The van der Waals surface area contributed by atoms with E-state index < -0.39 is 0 Å². The van der Waals surface area contributed by atoms with Crippen LogP contribution in [-0.4, -0.2) is 12.6 Å². The first-order valence-electron chi connectivity index (χ1n) is 7.83. The Morgan fingerprint density at radius 2 is 1.81 bits per heavy atom. The average Bonchev–Trinajstić information content (AvgIpc) is 2.86. The molecule has 1 aliphatic carbocycles. The summed E-state index contributed by atoms with van der Waals surface area (Å²) in [6, 6.07) is 16.6. The molecule has 1 fully saturated rings. The minimum Gasteiger partial charge on any atom is -0.314 e. The molecule has 0 radical (unpaired) electrons. The maximum atomic E-state index is 3.65. The van der Waals surface area contributed by atoms with Gasteiger partial charge >= 0.3 is 0 Å². The molecule has 0 saturated carbocycles. The van der Waals surface area contributed by atoms with Gasteiger partial charge < -0.3 is 5.32 Å². The molecule has 21 heavy (non-hydrogen) atoms. The van der Waals surface area contributed by atoms with E-state index in [0.29, 0.717) is 6.04 Å². The van der Waals surface area contributed by atoms with Gasteiger partial charge in [-0.15, -0.1) is 12.4 Å². The van der Waals surface area contributed by atoms with Crippen LogP contribution in [0.3, 0.4) is 0 Å². The van der Waals surface area contributed by atoms with Crippen LogP contribution in [0.4, 0.5) is 0 Å². The monoisotopic (exact) mass is 299 g/mol. The molecular formula is C19H22ClN. The van der Waals surface area contributed by atoms with Crippen molar-refractivity contribution in [2.24, 2.45) is 0 Å². The quantitative estimate of drug-likeness (QED) is 0.741. The molecule has 0 spiro atoms. The Morgan fingerprint density at radius 1 is 0.952 bits per heavy atom. The largest absolute Gasteiger partial charge is 0.314 e. The summed E-state index contributed by atoms with van der Waals surface area (Å²) in [6.45, 7) is 1.20. The summed E-state index contributed by atoms with van der Waals surface area (Å²) in [7, 11) is 0. The molecule has 2 aliphatic rings. The lowest BCUT2D eigenvalue weighted by atomic mass is 9.95. The Kier molecular flexibility index (Phi) is 4.32. The minimum absolute atomic E-state index is 0. The molecule has 1 saturated heterocycles. The van der Waals surface area contributed by atoms with Gasteiger partial charge in [0.15, 0.2) is 0 Å². The fourth-order valence-electron chi connectivity index (χ4n) is 3.71. The number of piperidine rings is 1. The van der Waals surface area contributed by atoms with Crippen molar-refractivity contribution in [3.63, 3.8) is 0 Å². The van der Waals surface area contributed by atoms with Crippen molar-refractivity contribution in [3.8, 4) is 11.1 Å². The minimum atomic E-state index is 0. The van der Waals surface area contributed by atoms with Crippen LogP contribution in [-0.2, 0) is 12.8 Å². The molecule has 1 N–H and O–H groups in total. The average molecular weight is 300 g/mol. The number of hydrogen-bond acceptors (Lipinski definition) is 1. The first-order valence-corrected chi connectivity index (χ1v) is 7.83. The van der Waals surface area contributed by atoms with Crippen LogP contribution in [0.5, 0.6) is 0 Å². The molecule has 1 nitrogen and oxygen atoms in total. The predicted octanol–water partition coefficient (Wildman–Crippen LogP) is 4.36. The van der Waals surface area contributed by atoms with Gasteiger partial charge in [0.1, 0.15) is 0 Å². The molecule has 0 bridgehead atoms. The van der Waals surface area contributed by atoms with Gasteiger partial charge in [0.2, 0.25) is 0 Å². The second kappa shape index (κ2) is 6.21. The molecule has 110 valence electrons.